The predicted octanol–water partition coefficient (Wildman–Crippen LogP) is 2.92. The fourth-order valence-corrected chi connectivity index (χ4v) is 5.27. The molecule has 0 saturated heterocycles. The van der Waals surface area contributed by atoms with Crippen LogP contribution in [0, 0.1) is 6.92 Å². The number of hydrogen-bond donors (Lipinski definition) is 1. The van der Waals surface area contributed by atoms with E-state index >= 15 is 0 Å². The number of amides is 1. The van der Waals surface area contributed by atoms with Gasteiger partial charge in [-0.1, -0.05) is 41.7 Å². The van der Waals surface area contributed by atoms with Crippen LogP contribution in [0.25, 0.3) is 6.08 Å². The number of carbonyl (C=O) groups is 1. The lowest BCUT2D eigenvalue weighted by Crippen LogP contribution is -2.40. The molecule has 5 rings (SSSR count). The average molecular weight is 500 g/mol. The van der Waals surface area contributed by atoms with Gasteiger partial charge in [0.15, 0.2) is 4.80 Å². The second-order valence-corrected chi connectivity index (χ2v) is 9.49. The molecule has 1 aliphatic rings. The Bertz CT molecular complexity index is 1660. The number of benzene rings is 2. The summed E-state index contributed by atoms with van der Waals surface area (Å²) in [5.41, 5.74) is 4.04. The summed E-state index contributed by atoms with van der Waals surface area (Å²) in [7, 11) is 3.46. The van der Waals surface area contributed by atoms with Gasteiger partial charge in [0.25, 0.3) is 11.5 Å². The fraction of sp³-hybridized carbons (Fsp3) is 0.185. The minimum atomic E-state index is -0.645. The van der Waals surface area contributed by atoms with Crippen molar-refractivity contribution in [2.24, 2.45) is 12.0 Å². The highest BCUT2D eigenvalue weighted by atomic mass is 32.1. The number of anilines is 1. The topological polar surface area (TPSA) is 90.5 Å². The number of thiazole rings is 1. The van der Waals surface area contributed by atoms with Crippen LogP contribution in [-0.2, 0) is 11.8 Å². The van der Waals surface area contributed by atoms with E-state index in [-0.39, 0.29) is 11.5 Å². The third-order valence-corrected chi connectivity index (χ3v) is 7.27. The molecule has 1 aliphatic heterocycles. The largest absolute Gasteiger partial charge is 0.497 e. The van der Waals surface area contributed by atoms with Crippen LogP contribution in [0.3, 0.4) is 0 Å². The van der Waals surface area contributed by atoms with Gasteiger partial charge in [0.2, 0.25) is 0 Å². The summed E-state index contributed by atoms with van der Waals surface area (Å²) in [4.78, 5) is 32.5. The zero-order valence-corrected chi connectivity index (χ0v) is 21.2. The van der Waals surface area contributed by atoms with Crippen molar-refractivity contribution >= 4 is 29.0 Å². The van der Waals surface area contributed by atoms with Crippen LogP contribution in [0.1, 0.15) is 29.8 Å². The molecule has 0 radical (unpaired) electrons. The Morgan fingerprint density at radius 3 is 2.47 bits per heavy atom. The van der Waals surface area contributed by atoms with Crippen molar-refractivity contribution < 1.29 is 9.53 Å². The molecule has 36 heavy (non-hydrogen) atoms. The van der Waals surface area contributed by atoms with Gasteiger partial charge in [-0.15, -0.1) is 0 Å². The molecule has 1 N–H and O–H groups in total. The normalized spacial score (nSPS) is 15.4. The Morgan fingerprint density at radius 1 is 1.11 bits per heavy atom. The van der Waals surface area contributed by atoms with E-state index in [4.69, 9.17) is 4.74 Å². The molecule has 1 atom stereocenters. The Kier molecular flexibility index (Phi) is 6.15. The average Bonchev–Trinajstić information content (AvgIpc) is 3.36. The molecular formula is C27H25N5O3S. The number of fused-ring (bicyclic) bond motifs is 1. The second-order valence-electron chi connectivity index (χ2n) is 8.48. The van der Waals surface area contributed by atoms with Crippen molar-refractivity contribution in [3.63, 3.8) is 0 Å². The van der Waals surface area contributed by atoms with Crippen molar-refractivity contribution in [1.82, 2.24) is 14.3 Å². The molecule has 8 nitrogen and oxygen atoms in total. The highest BCUT2D eigenvalue weighted by Crippen LogP contribution is 2.31. The molecule has 2 aromatic carbocycles. The van der Waals surface area contributed by atoms with E-state index < -0.39 is 6.04 Å². The first-order valence-electron chi connectivity index (χ1n) is 11.4. The van der Waals surface area contributed by atoms with Gasteiger partial charge in [-0.2, -0.15) is 5.10 Å². The van der Waals surface area contributed by atoms with Crippen molar-refractivity contribution in [3.8, 4) is 5.75 Å². The first-order chi connectivity index (χ1) is 17.4. The van der Waals surface area contributed by atoms with Gasteiger partial charge in [0.1, 0.15) is 5.75 Å². The first-order valence-corrected chi connectivity index (χ1v) is 12.2. The zero-order valence-electron chi connectivity index (χ0n) is 20.4. The van der Waals surface area contributed by atoms with Crippen molar-refractivity contribution in [2.45, 2.75) is 19.9 Å². The molecule has 0 saturated carbocycles. The van der Waals surface area contributed by atoms with E-state index in [1.165, 1.54) is 11.3 Å². The van der Waals surface area contributed by atoms with E-state index in [1.54, 1.807) is 29.5 Å². The lowest BCUT2D eigenvalue weighted by Gasteiger charge is -2.25. The zero-order chi connectivity index (χ0) is 25.4. The number of hydrogen-bond acceptors (Lipinski definition) is 6. The monoisotopic (exact) mass is 499 g/mol. The number of carbonyl (C=O) groups excluding carboxylic acids is 1. The lowest BCUT2D eigenvalue weighted by atomic mass is 9.95. The first kappa shape index (κ1) is 23.5. The van der Waals surface area contributed by atoms with Gasteiger partial charge < -0.3 is 10.1 Å². The Labute approximate surface area is 211 Å². The quantitative estimate of drug-likeness (QED) is 0.457. The number of allylic oxidation sites excluding steroid dienone is 1. The number of nitrogens with zero attached hydrogens (tertiary/aromatic N) is 4. The molecule has 1 amide bonds. The van der Waals surface area contributed by atoms with Crippen molar-refractivity contribution in [1.29, 1.82) is 0 Å². The Morgan fingerprint density at radius 2 is 1.83 bits per heavy atom. The second kappa shape index (κ2) is 9.43. The molecule has 2 aromatic heterocycles. The molecule has 182 valence electrons. The Balaban J connectivity index is 1.68. The van der Waals surface area contributed by atoms with Crippen LogP contribution in [0.4, 0.5) is 5.69 Å². The van der Waals surface area contributed by atoms with Gasteiger partial charge in [-0.3, -0.25) is 18.8 Å². The Hall–Kier alpha value is -4.24. The van der Waals surface area contributed by atoms with E-state index in [0.717, 1.165) is 16.8 Å². The lowest BCUT2D eigenvalue weighted by molar-refractivity contribution is -0.113. The third-order valence-electron chi connectivity index (χ3n) is 6.29. The molecular weight excluding hydrogens is 474 g/mol. The minimum Gasteiger partial charge on any atom is -0.497 e. The third kappa shape index (κ3) is 4.18. The van der Waals surface area contributed by atoms with E-state index in [2.05, 4.69) is 15.4 Å². The van der Waals surface area contributed by atoms with E-state index in [0.29, 0.717) is 32.0 Å². The summed E-state index contributed by atoms with van der Waals surface area (Å²) in [6.07, 6.45) is 3.57. The summed E-state index contributed by atoms with van der Waals surface area (Å²) in [6.45, 7) is 3.75. The van der Waals surface area contributed by atoms with Crippen LogP contribution in [0.2, 0.25) is 0 Å². The number of para-hydroxylation sites is 1. The van der Waals surface area contributed by atoms with Crippen molar-refractivity contribution in [2.75, 3.05) is 12.4 Å². The standard InChI is InChI=1S/C27H25N5O3S/c1-16-23(25(33)30-20-8-6-5-7-9-20)24(18-10-12-21(35-4)13-11-18)32-26(34)22(36-27(32)29-16)14-19-15-28-31(3)17(19)2/h5-15,24H,1-4H3,(H,30,33)/b22-14+/t24-/m0/s1. The number of aromatic nitrogens is 3. The van der Waals surface area contributed by atoms with Crippen LogP contribution >= 0.6 is 11.3 Å². The van der Waals surface area contributed by atoms with Crippen molar-refractivity contribution in [3.05, 3.63) is 109 Å². The molecule has 9 heteroatoms. The molecule has 0 bridgehead atoms. The maximum atomic E-state index is 13.8. The molecule has 4 aromatic rings. The number of rotatable bonds is 5. The van der Waals surface area contributed by atoms with Gasteiger partial charge in [-0.05, 0) is 49.8 Å². The van der Waals surface area contributed by atoms with Gasteiger partial charge in [0, 0.05) is 24.0 Å². The molecule has 3 heterocycles. The number of aryl methyl sites for hydroxylation is 1. The summed E-state index contributed by atoms with van der Waals surface area (Å²) >= 11 is 1.30. The maximum Gasteiger partial charge on any atom is 0.271 e. The molecule has 0 fully saturated rings. The summed E-state index contributed by atoms with van der Waals surface area (Å²) in [5, 5.41) is 7.23. The number of nitrogens with one attached hydrogen (secondary N) is 1. The van der Waals surface area contributed by atoms with E-state index in [1.807, 2.05) is 74.6 Å². The molecule has 0 spiro atoms. The SMILES string of the molecule is COc1ccc([C@H]2C(C(=O)Nc3ccccc3)=C(C)N=c3s/c(=C/c4cnn(C)c4C)c(=O)n32)cc1. The smallest absolute Gasteiger partial charge is 0.271 e. The molecule has 0 aliphatic carbocycles. The van der Waals surface area contributed by atoms with Crippen LogP contribution in [-0.4, -0.2) is 27.4 Å². The van der Waals surface area contributed by atoms with Crippen LogP contribution < -0.4 is 24.9 Å². The molecule has 0 unspecified atom stereocenters. The minimum absolute atomic E-state index is 0.208. The highest BCUT2D eigenvalue weighted by molar-refractivity contribution is 7.07. The van der Waals surface area contributed by atoms with E-state index in [9.17, 15) is 9.59 Å². The van der Waals surface area contributed by atoms with Gasteiger partial charge in [0.05, 0.1) is 35.2 Å². The van der Waals surface area contributed by atoms with Crippen LogP contribution in [0.15, 0.2) is 81.9 Å². The number of methoxy groups -OCH3 is 1. The van der Waals surface area contributed by atoms with Gasteiger partial charge in [-0.25, -0.2) is 4.99 Å². The summed E-state index contributed by atoms with van der Waals surface area (Å²) in [5.74, 6) is 0.384. The maximum absolute atomic E-state index is 13.8. The number of ether oxygens (including phenoxy) is 1. The summed E-state index contributed by atoms with van der Waals surface area (Å²) < 4.78 is 9.22. The summed E-state index contributed by atoms with van der Waals surface area (Å²) in [6, 6.07) is 16.0. The highest BCUT2D eigenvalue weighted by Gasteiger charge is 2.32. The van der Waals surface area contributed by atoms with Crippen LogP contribution in [0.5, 0.6) is 5.75 Å². The van der Waals surface area contributed by atoms with Gasteiger partial charge >= 0.3 is 0 Å². The predicted molar refractivity (Wildman–Crippen MR) is 140 cm³/mol. The fourth-order valence-electron chi connectivity index (χ4n) is 4.23.